The quantitative estimate of drug-likeness (QED) is 0.548. The SMILES string of the molecule is CC(C)(C)OC(=O)[C@H]1NCC[C@@H]1CO[Si](c1ccccc1)(c1ccccc1)C(C)(C)C. The van der Waals surface area contributed by atoms with Crippen molar-refractivity contribution in [2.24, 2.45) is 5.92 Å². The van der Waals surface area contributed by atoms with Crippen molar-refractivity contribution in [3.8, 4) is 0 Å². The molecule has 1 saturated heterocycles. The Labute approximate surface area is 188 Å². The van der Waals surface area contributed by atoms with E-state index in [1.54, 1.807) is 0 Å². The number of nitrogens with one attached hydrogen (secondary N) is 1. The summed E-state index contributed by atoms with van der Waals surface area (Å²) in [6, 6.07) is 20.9. The normalized spacial score (nSPS) is 19.9. The third-order valence-corrected chi connectivity index (χ3v) is 10.9. The van der Waals surface area contributed by atoms with Crippen LogP contribution in [0, 0.1) is 5.92 Å². The van der Waals surface area contributed by atoms with Gasteiger partial charge in [0, 0.05) is 12.5 Å². The number of hydrogen-bond donors (Lipinski definition) is 1. The first-order chi connectivity index (χ1) is 14.5. The second kappa shape index (κ2) is 9.27. The van der Waals surface area contributed by atoms with Gasteiger partial charge in [0.2, 0.25) is 0 Å². The van der Waals surface area contributed by atoms with Gasteiger partial charge in [0.15, 0.2) is 0 Å². The second-order valence-electron chi connectivity index (χ2n) is 10.5. The molecule has 0 spiro atoms. The van der Waals surface area contributed by atoms with E-state index in [1.165, 1.54) is 10.4 Å². The summed E-state index contributed by atoms with van der Waals surface area (Å²) in [4.78, 5) is 12.8. The summed E-state index contributed by atoms with van der Waals surface area (Å²) >= 11 is 0. The van der Waals surface area contributed by atoms with Crippen molar-refractivity contribution in [3.05, 3.63) is 60.7 Å². The molecule has 4 nitrogen and oxygen atoms in total. The Morgan fingerprint density at radius 1 is 0.935 bits per heavy atom. The van der Waals surface area contributed by atoms with Crippen LogP contribution in [0.5, 0.6) is 0 Å². The van der Waals surface area contributed by atoms with Gasteiger partial charge in [-0.3, -0.25) is 4.79 Å². The van der Waals surface area contributed by atoms with Crippen molar-refractivity contribution in [1.82, 2.24) is 5.32 Å². The molecule has 0 aliphatic carbocycles. The number of hydrogen-bond acceptors (Lipinski definition) is 4. The molecule has 0 saturated carbocycles. The monoisotopic (exact) mass is 439 g/mol. The Hall–Kier alpha value is -1.95. The lowest BCUT2D eigenvalue weighted by molar-refractivity contribution is -0.158. The minimum absolute atomic E-state index is 0.0802. The van der Waals surface area contributed by atoms with Gasteiger partial charge in [0.05, 0.1) is 0 Å². The molecule has 2 atom stereocenters. The van der Waals surface area contributed by atoms with E-state index in [9.17, 15) is 4.79 Å². The number of carbonyl (C=O) groups excluding carboxylic acids is 1. The standard InChI is InChI=1S/C26H37NO3Si/c1-25(2,3)30-24(28)23-20(17-18-27-23)19-29-31(26(4,5)6,21-13-9-7-10-14-21)22-15-11-8-12-16-22/h7-16,20,23,27H,17-19H2,1-6H3/t20-,23+/m1/s1. The van der Waals surface area contributed by atoms with Gasteiger partial charge in [0.1, 0.15) is 11.6 Å². The van der Waals surface area contributed by atoms with Gasteiger partial charge in [-0.1, -0.05) is 81.4 Å². The molecule has 1 aliphatic heterocycles. The molecular formula is C26H37NO3Si. The van der Waals surface area contributed by atoms with Gasteiger partial charge in [-0.05, 0) is 49.1 Å². The van der Waals surface area contributed by atoms with Crippen molar-refractivity contribution >= 4 is 24.7 Å². The third-order valence-electron chi connectivity index (χ3n) is 5.94. The van der Waals surface area contributed by atoms with Gasteiger partial charge >= 0.3 is 5.97 Å². The van der Waals surface area contributed by atoms with Crippen LogP contribution in [0.4, 0.5) is 0 Å². The zero-order valence-electron chi connectivity index (χ0n) is 19.8. The van der Waals surface area contributed by atoms with E-state index in [4.69, 9.17) is 9.16 Å². The summed E-state index contributed by atoms with van der Waals surface area (Å²) in [5.74, 6) is -0.0856. The van der Waals surface area contributed by atoms with Crippen LogP contribution in [-0.2, 0) is 14.0 Å². The predicted molar refractivity (Wildman–Crippen MR) is 129 cm³/mol. The van der Waals surface area contributed by atoms with Crippen LogP contribution in [0.25, 0.3) is 0 Å². The van der Waals surface area contributed by atoms with Crippen LogP contribution >= 0.6 is 0 Å². The maximum Gasteiger partial charge on any atom is 0.324 e. The fraction of sp³-hybridized carbons (Fsp3) is 0.500. The zero-order chi connectivity index (χ0) is 22.7. The molecule has 1 N–H and O–H groups in total. The first-order valence-electron chi connectivity index (χ1n) is 11.3. The van der Waals surface area contributed by atoms with E-state index in [0.717, 1.165) is 13.0 Å². The molecule has 0 bridgehead atoms. The third kappa shape index (κ3) is 5.28. The first kappa shape index (κ1) is 23.7. The maximum absolute atomic E-state index is 12.8. The van der Waals surface area contributed by atoms with Crippen LogP contribution in [0.3, 0.4) is 0 Å². The first-order valence-corrected chi connectivity index (χ1v) is 13.2. The van der Waals surface area contributed by atoms with Gasteiger partial charge in [-0.2, -0.15) is 0 Å². The van der Waals surface area contributed by atoms with E-state index in [0.29, 0.717) is 6.61 Å². The molecule has 1 heterocycles. The van der Waals surface area contributed by atoms with E-state index in [-0.39, 0.29) is 23.0 Å². The van der Waals surface area contributed by atoms with Crippen LogP contribution in [-0.4, -0.2) is 39.1 Å². The van der Waals surface area contributed by atoms with Crippen molar-refractivity contribution in [1.29, 1.82) is 0 Å². The highest BCUT2D eigenvalue weighted by molar-refractivity contribution is 6.99. The summed E-state index contributed by atoms with van der Waals surface area (Å²) in [6.45, 7) is 13.9. The maximum atomic E-state index is 12.8. The molecule has 1 aliphatic rings. The summed E-state index contributed by atoms with van der Waals surface area (Å²) in [7, 11) is -2.61. The van der Waals surface area contributed by atoms with Crippen LogP contribution in [0.15, 0.2) is 60.7 Å². The van der Waals surface area contributed by atoms with Crippen molar-refractivity contribution in [2.45, 2.75) is 64.6 Å². The highest BCUT2D eigenvalue weighted by atomic mass is 28.4. The fourth-order valence-corrected chi connectivity index (χ4v) is 9.19. The molecule has 5 heteroatoms. The summed E-state index contributed by atoms with van der Waals surface area (Å²) in [5, 5.41) is 5.78. The Bertz CT molecular complexity index is 816. The molecule has 0 aromatic heterocycles. The molecule has 0 radical (unpaired) electrons. The molecule has 0 unspecified atom stereocenters. The molecule has 3 rings (SSSR count). The Balaban J connectivity index is 1.94. The highest BCUT2D eigenvalue weighted by Gasteiger charge is 2.51. The van der Waals surface area contributed by atoms with Crippen LogP contribution < -0.4 is 15.7 Å². The predicted octanol–water partition coefficient (Wildman–Crippen LogP) is 3.88. The van der Waals surface area contributed by atoms with Crippen molar-refractivity contribution in [2.75, 3.05) is 13.2 Å². The number of benzene rings is 2. The Kier molecular flexibility index (Phi) is 7.09. The molecule has 0 amide bonds. The van der Waals surface area contributed by atoms with Gasteiger partial charge in [-0.25, -0.2) is 0 Å². The zero-order valence-corrected chi connectivity index (χ0v) is 20.8. The Morgan fingerprint density at radius 3 is 1.90 bits per heavy atom. The number of carbonyl (C=O) groups is 1. The lowest BCUT2D eigenvalue weighted by Crippen LogP contribution is -2.67. The number of ether oxygens (including phenoxy) is 1. The highest BCUT2D eigenvalue weighted by Crippen LogP contribution is 2.37. The molecule has 2 aromatic carbocycles. The average Bonchev–Trinajstić information content (AvgIpc) is 3.17. The van der Waals surface area contributed by atoms with Gasteiger partial charge in [-0.15, -0.1) is 0 Å². The van der Waals surface area contributed by atoms with Crippen molar-refractivity contribution < 1.29 is 14.0 Å². The van der Waals surface area contributed by atoms with Gasteiger partial charge < -0.3 is 14.5 Å². The van der Waals surface area contributed by atoms with E-state index < -0.39 is 13.9 Å². The summed E-state index contributed by atoms with van der Waals surface area (Å²) in [6.07, 6.45) is 0.905. The van der Waals surface area contributed by atoms with Crippen LogP contribution in [0.1, 0.15) is 48.0 Å². The molecule has 1 fully saturated rings. The molecule has 168 valence electrons. The average molecular weight is 440 g/mol. The largest absolute Gasteiger partial charge is 0.459 e. The van der Waals surface area contributed by atoms with Gasteiger partial charge in [0.25, 0.3) is 8.32 Å². The van der Waals surface area contributed by atoms with E-state index in [2.05, 4.69) is 86.8 Å². The lowest BCUT2D eigenvalue weighted by atomic mass is 10.0. The van der Waals surface area contributed by atoms with E-state index in [1.807, 2.05) is 20.8 Å². The van der Waals surface area contributed by atoms with Crippen LogP contribution in [0.2, 0.25) is 5.04 Å². The topological polar surface area (TPSA) is 47.6 Å². The molecule has 31 heavy (non-hydrogen) atoms. The second-order valence-corrected chi connectivity index (χ2v) is 14.8. The summed E-state index contributed by atoms with van der Waals surface area (Å²) < 4.78 is 12.7. The molecular weight excluding hydrogens is 402 g/mol. The minimum atomic E-state index is -2.61. The smallest absolute Gasteiger partial charge is 0.324 e. The molecule has 2 aromatic rings. The van der Waals surface area contributed by atoms with E-state index >= 15 is 0 Å². The lowest BCUT2D eigenvalue weighted by Gasteiger charge is -2.43. The number of rotatable bonds is 6. The minimum Gasteiger partial charge on any atom is -0.459 e. The van der Waals surface area contributed by atoms with Crippen molar-refractivity contribution in [3.63, 3.8) is 0 Å². The fourth-order valence-electron chi connectivity index (χ4n) is 4.57. The number of esters is 1. The summed E-state index contributed by atoms with van der Waals surface area (Å²) in [5.41, 5.74) is -0.495. The Morgan fingerprint density at radius 2 is 1.45 bits per heavy atom.